The summed E-state index contributed by atoms with van der Waals surface area (Å²) >= 11 is 0. The van der Waals surface area contributed by atoms with Crippen LogP contribution in [0.5, 0.6) is 0 Å². The van der Waals surface area contributed by atoms with Crippen LogP contribution in [0.2, 0.25) is 0 Å². The van der Waals surface area contributed by atoms with Crippen LogP contribution in [0.15, 0.2) is 24.3 Å². The Morgan fingerprint density at radius 3 is 2.70 bits per heavy atom. The summed E-state index contributed by atoms with van der Waals surface area (Å²) in [6.45, 7) is 0.867. The van der Waals surface area contributed by atoms with Gasteiger partial charge < -0.3 is 10.0 Å². The zero-order valence-corrected chi connectivity index (χ0v) is 13.3. The summed E-state index contributed by atoms with van der Waals surface area (Å²) in [6.07, 6.45) is 5.73. The molecular weight excluding hydrogens is 290 g/mol. The molecule has 2 fully saturated rings. The topological polar surface area (TPSA) is 57.6 Å². The summed E-state index contributed by atoms with van der Waals surface area (Å²) < 4.78 is 0. The summed E-state index contributed by atoms with van der Waals surface area (Å²) in [5, 5.41) is 9.52. The summed E-state index contributed by atoms with van der Waals surface area (Å²) in [5.74, 6) is 0.812. The van der Waals surface area contributed by atoms with Crippen LogP contribution < -0.4 is 0 Å². The molecule has 4 atom stereocenters. The summed E-state index contributed by atoms with van der Waals surface area (Å²) in [4.78, 5) is 26.1. The van der Waals surface area contributed by atoms with Gasteiger partial charge in [-0.1, -0.05) is 30.7 Å². The minimum atomic E-state index is -0.838. The first-order valence-corrected chi connectivity index (χ1v) is 8.70. The van der Waals surface area contributed by atoms with E-state index in [1.165, 1.54) is 25.7 Å². The van der Waals surface area contributed by atoms with Gasteiger partial charge in [0.1, 0.15) is 0 Å². The average Bonchev–Trinajstić information content (AvgIpc) is 3.16. The van der Waals surface area contributed by atoms with Crippen molar-refractivity contribution in [2.45, 2.75) is 44.6 Å². The lowest BCUT2D eigenvalue weighted by Crippen LogP contribution is -2.41. The second kappa shape index (κ2) is 5.66. The third-order valence-corrected chi connectivity index (χ3v) is 6.17. The van der Waals surface area contributed by atoms with E-state index < -0.39 is 11.9 Å². The Kier molecular flexibility index (Phi) is 3.63. The molecule has 2 bridgehead atoms. The molecule has 0 spiro atoms. The zero-order valence-electron chi connectivity index (χ0n) is 13.3. The van der Waals surface area contributed by atoms with Gasteiger partial charge in [0, 0.05) is 19.5 Å². The van der Waals surface area contributed by atoms with Crippen LogP contribution in [0.3, 0.4) is 0 Å². The number of carbonyl (C=O) groups is 2. The highest BCUT2D eigenvalue weighted by Gasteiger charge is 2.41. The van der Waals surface area contributed by atoms with Crippen LogP contribution in [0.25, 0.3) is 0 Å². The number of carboxylic acid groups (broad SMARTS) is 1. The highest BCUT2D eigenvalue weighted by Crippen LogP contribution is 2.49. The van der Waals surface area contributed by atoms with Gasteiger partial charge >= 0.3 is 5.97 Å². The Morgan fingerprint density at radius 2 is 2.00 bits per heavy atom. The van der Waals surface area contributed by atoms with Crippen LogP contribution in [0, 0.1) is 17.8 Å². The van der Waals surface area contributed by atoms with Gasteiger partial charge in [-0.25, -0.2) is 0 Å². The lowest BCUT2D eigenvalue weighted by molar-refractivity contribution is -0.141. The Hall–Kier alpha value is -1.84. The maximum absolute atomic E-state index is 12.7. The van der Waals surface area contributed by atoms with Crippen molar-refractivity contribution >= 4 is 11.9 Å². The molecule has 23 heavy (non-hydrogen) atoms. The molecule has 122 valence electrons. The summed E-state index contributed by atoms with van der Waals surface area (Å²) in [6, 6.07) is 7.62. The third kappa shape index (κ3) is 2.64. The van der Waals surface area contributed by atoms with Crippen LogP contribution in [0.4, 0.5) is 0 Å². The number of fused-ring (bicyclic) bond motifs is 3. The lowest BCUT2D eigenvalue weighted by Gasteiger charge is -2.34. The molecule has 3 aliphatic rings. The van der Waals surface area contributed by atoms with Crippen molar-refractivity contribution < 1.29 is 14.7 Å². The smallest absolute Gasteiger partial charge is 0.312 e. The summed E-state index contributed by atoms with van der Waals surface area (Å²) in [7, 11) is 0. The first-order chi connectivity index (χ1) is 11.1. The van der Waals surface area contributed by atoms with E-state index >= 15 is 0 Å². The van der Waals surface area contributed by atoms with Gasteiger partial charge in [-0.2, -0.15) is 0 Å². The predicted molar refractivity (Wildman–Crippen MR) is 85.8 cm³/mol. The normalized spacial score (nSPS) is 31.9. The molecule has 2 aliphatic carbocycles. The van der Waals surface area contributed by atoms with E-state index in [-0.39, 0.29) is 5.91 Å². The molecule has 1 aliphatic heterocycles. The van der Waals surface area contributed by atoms with E-state index in [0.717, 1.165) is 23.0 Å². The molecule has 4 rings (SSSR count). The fourth-order valence-corrected chi connectivity index (χ4v) is 4.99. The van der Waals surface area contributed by atoms with E-state index in [0.29, 0.717) is 25.4 Å². The van der Waals surface area contributed by atoms with Gasteiger partial charge in [0.2, 0.25) is 5.91 Å². The molecule has 0 saturated heterocycles. The Bertz CT molecular complexity index is 641. The van der Waals surface area contributed by atoms with Crippen LogP contribution >= 0.6 is 0 Å². The van der Waals surface area contributed by atoms with Crippen LogP contribution in [-0.2, 0) is 16.1 Å². The fourth-order valence-electron chi connectivity index (χ4n) is 4.99. The van der Waals surface area contributed by atoms with Crippen molar-refractivity contribution in [3.05, 3.63) is 35.4 Å². The number of benzene rings is 1. The minimum absolute atomic E-state index is 0.142. The van der Waals surface area contributed by atoms with Crippen molar-refractivity contribution in [1.82, 2.24) is 4.90 Å². The monoisotopic (exact) mass is 313 g/mol. The molecule has 4 nitrogen and oxygen atoms in total. The predicted octanol–water partition coefficient (Wildman–Crippen LogP) is 3.02. The van der Waals surface area contributed by atoms with E-state index in [1.807, 2.05) is 24.3 Å². The van der Waals surface area contributed by atoms with Crippen molar-refractivity contribution in [2.24, 2.45) is 17.8 Å². The lowest BCUT2D eigenvalue weighted by atomic mass is 9.85. The van der Waals surface area contributed by atoms with Gasteiger partial charge in [-0.3, -0.25) is 9.59 Å². The highest BCUT2D eigenvalue weighted by molar-refractivity contribution is 5.81. The highest BCUT2D eigenvalue weighted by atomic mass is 16.4. The molecular formula is C19H23NO3. The average molecular weight is 313 g/mol. The first kappa shape index (κ1) is 14.7. The second-order valence-electron chi connectivity index (χ2n) is 7.50. The van der Waals surface area contributed by atoms with Crippen molar-refractivity contribution in [2.75, 3.05) is 6.54 Å². The van der Waals surface area contributed by atoms with Crippen molar-refractivity contribution in [1.29, 1.82) is 0 Å². The molecule has 1 N–H and O–H groups in total. The summed E-state index contributed by atoms with van der Waals surface area (Å²) in [5.41, 5.74) is 1.84. The van der Waals surface area contributed by atoms with E-state index in [1.54, 1.807) is 4.90 Å². The maximum atomic E-state index is 12.7. The molecule has 1 aromatic rings. The fraction of sp³-hybridized carbons (Fsp3) is 0.579. The Labute approximate surface area is 136 Å². The second-order valence-corrected chi connectivity index (χ2v) is 7.50. The molecule has 4 unspecified atom stereocenters. The number of carboxylic acids is 1. The number of hydrogen-bond donors (Lipinski definition) is 1. The number of hydrogen-bond acceptors (Lipinski definition) is 2. The maximum Gasteiger partial charge on any atom is 0.312 e. The minimum Gasteiger partial charge on any atom is -0.481 e. The third-order valence-electron chi connectivity index (χ3n) is 6.17. The molecule has 0 aromatic heterocycles. The SMILES string of the molecule is O=C(O)C1CN(C(=O)CC2CC3CCC2C3)Cc2ccccc21. The van der Waals surface area contributed by atoms with E-state index in [2.05, 4.69) is 0 Å². The quantitative estimate of drug-likeness (QED) is 0.933. The number of aliphatic carboxylic acids is 1. The molecule has 0 radical (unpaired) electrons. The van der Waals surface area contributed by atoms with Crippen LogP contribution in [0.1, 0.15) is 49.1 Å². The number of rotatable bonds is 3. The standard InChI is InChI=1S/C19H23NO3/c21-18(9-15-8-12-5-6-13(15)7-12)20-10-14-3-1-2-4-16(14)17(11-20)19(22)23/h1-4,12-13,15,17H,5-11H2,(H,22,23). The molecule has 4 heteroatoms. The number of carbonyl (C=O) groups excluding carboxylic acids is 1. The van der Waals surface area contributed by atoms with Gasteiger partial charge in [-0.15, -0.1) is 0 Å². The van der Waals surface area contributed by atoms with Crippen molar-refractivity contribution in [3.63, 3.8) is 0 Å². The number of amides is 1. The van der Waals surface area contributed by atoms with Gasteiger partial charge in [0.05, 0.1) is 5.92 Å². The van der Waals surface area contributed by atoms with Crippen LogP contribution in [-0.4, -0.2) is 28.4 Å². The first-order valence-electron chi connectivity index (χ1n) is 8.70. The molecule has 2 saturated carbocycles. The number of nitrogens with zero attached hydrogens (tertiary/aromatic N) is 1. The Balaban J connectivity index is 1.49. The largest absolute Gasteiger partial charge is 0.481 e. The molecule has 1 amide bonds. The van der Waals surface area contributed by atoms with E-state index in [4.69, 9.17) is 0 Å². The van der Waals surface area contributed by atoms with Gasteiger partial charge in [-0.05, 0) is 48.1 Å². The zero-order chi connectivity index (χ0) is 16.0. The van der Waals surface area contributed by atoms with E-state index in [9.17, 15) is 14.7 Å². The molecule has 1 aromatic carbocycles. The van der Waals surface area contributed by atoms with Crippen molar-refractivity contribution in [3.8, 4) is 0 Å². The molecule has 1 heterocycles. The van der Waals surface area contributed by atoms with Gasteiger partial charge in [0.15, 0.2) is 0 Å². The van der Waals surface area contributed by atoms with Gasteiger partial charge in [0.25, 0.3) is 0 Å². The Morgan fingerprint density at radius 1 is 1.17 bits per heavy atom.